The number of rotatable bonds is 4. The van der Waals surface area contributed by atoms with Crippen LogP contribution in [0.15, 0.2) is 28.9 Å². The van der Waals surface area contributed by atoms with Gasteiger partial charge in [-0.1, -0.05) is 0 Å². The number of fused-ring (bicyclic) bond motifs is 1. The molecule has 7 heteroatoms. The molecule has 0 aromatic carbocycles. The molecule has 0 amide bonds. The first kappa shape index (κ1) is 15.1. The van der Waals surface area contributed by atoms with Gasteiger partial charge in [0.1, 0.15) is 11.3 Å². The van der Waals surface area contributed by atoms with E-state index in [9.17, 15) is 9.90 Å². The number of aromatic hydroxyl groups is 1. The highest BCUT2D eigenvalue weighted by Gasteiger charge is 2.25. The molecule has 0 bridgehead atoms. The van der Waals surface area contributed by atoms with E-state index in [0.29, 0.717) is 16.7 Å². The molecular formula is C16H17N3O4. The van der Waals surface area contributed by atoms with Crippen molar-refractivity contribution < 1.29 is 19.1 Å². The Morgan fingerprint density at radius 3 is 2.87 bits per heavy atom. The highest BCUT2D eigenvalue weighted by Crippen LogP contribution is 2.38. The topological polar surface area (TPSA) is 90.4 Å². The molecular weight excluding hydrogens is 298 g/mol. The lowest BCUT2D eigenvalue weighted by Gasteiger charge is -2.10. The number of esters is 1. The molecule has 0 atom stereocenters. The van der Waals surface area contributed by atoms with Crippen LogP contribution in [0.5, 0.6) is 5.75 Å². The number of hydrogen-bond acceptors (Lipinski definition) is 6. The van der Waals surface area contributed by atoms with Crippen LogP contribution in [-0.2, 0) is 4.74 Å². The number of carbonyl (C=O) groups excluding carboxylic acids is 1. The Morgan fingerprint density at radius 2 is 2.17 bits per heavy atom. The van der Waals surface area contributed by atoms with E-state index < -0.39 is 5.97 Å². The van der Waals surface area contributed by atoms with Crippen LogP contribution in [0.25, 0.3) is 22.4 Å². The van der Waals surface area contributed by atoms with Crippen molar-refractivity contribution in [1.29, 1.82) is 0 Å². The lowest BCUT2D eigenvalue weighted by Crippen LogP contribution is -2.05. The second-order valence-corrected chi connectivity index (χ2v) is 5.29. The lowest BCUT2D eigenvalue weighted by molar-refractivity contribution is 0.0488. The van der Waals surface area contributed by atoms with Crippen molar-refractivity contribution in [3.05, 3.63) is 30.3 Å². The monoisotopic (exact) mass is 315 g/mol. The molecule has 0 aliphatic heterocycles. The van der Waals surface area contributed by atoms with Crippen LogP contribution in [-0.4, -0.2) is 32.4 Å². The van der Waals surface area contributed by atoms with Crippen molar-refractivity contribution in [2.24, 2.45) is 0 Å². The van der Waals surface area contributed by atoms with Crippen LogP contribution in [0, 0.1) is 0 Å². The molecule has 0 radical (unpaired) electrons. The molecule has 3 heterocycles. The fourth-order valence-electron chi connectivity index (χ4n) is 2.47. The first-order valence-corrected chi connectivity index (χ1v) is 7.36. The summed E-state index contributed by atoms with van der Waals surface area (Å²) in [5.74, 6) is -1.19. The maximum Gasteiger partial charge on any atom is 0.378 e. The minimum atomic E-state index is -0.704. The second kappa shape index (κ2) is 5.75. The highest BCUT2D eigenvalue weighted by molar-refractivity contribution is 6.03. The zero-order valence-corrected chi connectivity index (χ0v) is 13.1. The van der Waals surface area contributed by atoms with Crippen molar-refractivity contribution in [2.75, 3.05) is 6.61 Å². The summed E-state index contributed by atoms with van der Waals surface area (Å²) in [7, 11) is 0. The average molecular weight is 315 g/mol. The molecule has 0 spiro atoms. The SMILES string of the molecule is CCOC(=O)c1oc2ccnc(-c3ccnn3C(C)C)c2c1O. The molecule has 7 nitrogen and oxygen atoms in total. The fraction of sp³-hybridized carbons (Fsp3) is 0.312. The number of hydrogen-bond donors (Lipinski definition) is 1. The van der Waals surface area contributed by atoms with Gasteiger partial charge in [-0.3, -0.25) is 9.67 Å². The van der Waals surface area contributed by atoms with Gasteiger partial charge in [0.05, 0.1) is 17.7 Å². The molecule has 0 saturated carbocycles. The summed E-state index contributed by atoms with van der Waals surface area (Å²) in [5, 5.41) is 15.1. The van der Waals surface area contributed by atoms with Gasteiger partial charge in [-0.2, -0.15) is 5.10 Å². The minimum absolute atomic E-state index is 0.121. The van der Waals surface area contributed by atoms with E-state index in [1.807, 2.05) is 13.8 Å². The summed E-state index contributed by atoms with van der Waals surface area (Å²) in [5.41, 5.74) is 1.61. The number of carbonyl (C=O) groups is 1. The minimum Gasteiger partial charge on any atom is -0.503 e. The van der Waals surface area contributed by atoms with E-state index in [1.165, 1.54) is 0 Å². The van der Waals surface area contributed by atoms with E-state index in [1.54, 1.807) is 36.1 Å². The largest absolute Gasteiger partial charge is 0.503 e. The molecule has 3 aromatic rings. The van der Waals surface area contributed by atoms with Crippen molar-refractivity contribution >= 4 is 16.9 Å². The Kier molecular flexibility index (Phi) is 3.77. The Labute approximate surface area is 132 Å². The van der Waals surface area contributed by atoms with E-state index in [4.69, 9.17) is 9.15 Å². The van der Waals surface area contributed by atoms with Gasteiger partial charge in [0.25, 0.3) is 5.76 Å². The maximum atomic E-state index is 11.9. The summed E-state index contributed by atoms with van der Waals surface area (Å²) in [6.07, 6.45) is 3.23. The third-order valence-corrected chi connectivity index (χ3v) is 3.44. The third-order valence-electron chi connectivity index (χ3n) is 3.44. The van der Waals surface area contributed by atoms with E-state index in [2.05, 4.69) is 10.1 Å². The van der Waals surface area contributed by atoms with Crippen LogP contribution >= 0.6 is 0 Å². The third kappa shape index (κ3) is 2.44. The molecule has 0 fully saturated rings. The number of aromatic nitrogens is 3. The number of furan rings is 1. The Morgan fingerprint density at radius 1 is 1.39 bits per heavy atom. The predicted octanol–water partition coefficient (Wildman–Crippen LogP) is 3.15. The molecule has 120 valence electrons. The van der Waals surface area contributed by atoms with Crippen molar-refractivity contribution in [2.45, 2.75) is 26.8 Å². The summed E-state index contributed by atoms with van der Waals surface area (Å²) in [6.45, 7) is 5.87. The molecule has 0 aliphatic carbocycles. The smallest absolute Gasteiger partial charge is 0.378 e. The van der Waals surface area contributed by atoms with E-state index in [-0.39, 0.29) is 24.2 Å². The van der Waals surface area contributed by atoms with Gasteiger partial charge in [0, 0.05) is 18.4 Å². The van der Waals surface area contributed by atoms with Crippen LogP contribution in [0.4, 0.5) is 0 Å². The zero-order chi connectivity index (χ0) is 16.6. The van der Waals surface area contributed by atoms with Gasteiger partial charge < -0.3 is 14.3 Å². The molecule has 23 heavy (non-hydrogen) atoms. The van der Waals surface area contributed by atoms with Crippen molar-refractivity contribution in [3.63, 3.8) is 0 Å². The molecule has 3 rings (SSSR count). The Balaban J connectivity index is 2.23. The van der Waals surface area contributed by atoms with Crippen LogP contribution in [0.3, 0.4) is 0 Å². The molecule has 0 unspecified atom stereocenters. The van der Waals surface area contributed by atoms with E-state index in [0.717, 1.165) is 5.69 Å². The fourth-order valence-corrected chi connectivity index (χ4v) is 2.47. The van der Waals surface area contributed by atoms with Gasteiger partial charge in [-0.05, 0) is 32.9 Å². The maximum absolute atomic E-state index is 11.9. The number of pyridine rings is 1. The Bertz CT molecular complexity index is 863. The van der Waals surface area contributed by atoms with Gasteiger partial charge in [0.15, 0.2) is 5.75 Å². The second-order valence-electron chi connectivity index (χ2n) is 5.29. The highest BCUT2D eigenvalue weighted by atomic mass is 16.5. The summed E-state index contributed by atoms with van der Waals surface area (Å²) < 4.78 is 12.1. The summed E-state index contributed by atoms with van der Waals surface area (Å²) in [4.78, 5) is 16.2. The number of ether oxygens (including phenoxy) is 1. The molecule has 0 aliphatic rings. The van der Waals surface area contributed by atoms with Gasteiger partial charge in [-0.25, -0.2) is 4.79 Å². The zero-order valence-electron chi connectivity index (χ0n) is 13.1. The lowest BCUT2D eigenvalue weighted by atomic mass is 10.1. The van der Waals surface area contributed by atoms with Crippen LogP contribution in [0.1, 0.15) is 37.4 Å². The number of nitrogens with zero attached hydrogens (tertiary/aromatic N) is 3. The summed E-state index contributed by atoms with van der Waals surface area (Å²) in [6, 6.07) is 3.52. The van der Waals surface area contributed by atoms with Crippen LogP contribution in [0.2, 0.25) is 0 Å². The first-order valence-electron chi connectivity index (χ1n) is 7.36. The predicted molar refractivity (Wildman–Crippen MR) is 83.2 cm³/mol. The Hall–Kier alpha value is -2.83. The quantitative estimate of drug-likeness (QED) is 0.744. The van der Waals surface area contributed by atoms with Crippen molar-refractivity contribution in [3.8, 4) is 17.1 Å². The molecule has 1 N–H and O–H groups in total. The van der Waals surface area contributed by atoms with Crippen LogP contribution < -0.4 is 0 Å². The van der Waals surface area contributed by atoms with Gasteiger partial charge >= 0.3 is 5.97 Å². The average Bonchev–Trinajstić information content (AvgIpc) is 3.12. The van der Waals surface area contributed by atoms with Gasteiger partial charge in [-0.15, -0.1) is 0 Å². The van der Waals surface area contributed by atoms with Crippen molar-refractivity contribution in [1.82, 2.24) is 14.8 Å². The van der Waals surface area contributed by atoms with E-state index >= 15 is 0 Å². The standard InChI is InChI=1S/C16H17N3O4/c1-4-22-16(21)15-14(20)12-11(23-15)6-7-17-13(12)10-5-8-18-19(10)9(2)3/h5-9,20H,4H2,1-3H3. The molecule has 0 saturated heterocycles. The molecule has 3 aromatic heterocycles. The first-order chi connectivity index (χ1) is 11.0. The van der Waals surface area contributed by atoms with Gasteiger partial charge in [0.2, 0.25) is 0 Å². The normalized spacial score (nSPS) is 11.3. The summed E-state index contributed by atoms with van der Waals surface area (Å²) >= 11 is 0.